The molecule has 1 fully saturated rings. The lowest BCUT2D eigenvalue weighted by Crippen LogP contribution is -2.45. The molecule has 0 spiro atoms. The SMILES string of the molecule is COc1cc2c(cc1OCCCOc1cc3c(cc1OC)C(=O)N1C=C(c4ccc(NC(=O)[C@H](C)CC(=O)C(NC(=O)CCOCCOCCOCCOCCOCCOCCOCCOCCNC(=O)CCN5C(=O)CC(C)C5=O)C(C)C)cc4)C[C@H]1CN3)N=C[C@@H]1CC(c3ccc4c(c3)OCO4)=CN1C2=O. The molecule has 6 heterocycles. The van der Waals surface area contributed by atoms with E-state index in [1.54, 1.807) is 66.3 Å². The molecule has 4 aromatic rings. The van der Waals surface area contributed by atoms with Gasteiger partial charge in [-0.3, -0.25) is 48.2 Å². The average Bonchev–Trinajstić information content (AvgIpc) is 1.62. The number of methoxy groups -OCH3 is 2. The van der Waals surface area contributed by atoms with Gasteiger partial charge in [-0.1, -0.05) is 45.9 Å². The third-order valence-corrected chi connectivity index (χ3v) is 18.7. The van der Waals surface area contributed by atoms with E-state index in [4.69, 9.17) is 71.3 Å². The second-order valence-corrected chi connectivity index (χ2v) is 26.9. The van der Waals surface area contributed by atoms with E-state index in [9.17, 15) is 38.4 Å². The number of carbonyl (C=O) groups excluding carboxylic acids is 8. The van der Waals surface area contributed by atoms with Crippen LogP contribution >= 0.6 is 0 Å². The van der Waals surface area contributed by atoms with E-state index in [2.05, 4.69) is 21.3 Å². The molecule has 7 amide bonds. The van der Waals surface area contributed by atoms with Crippen molar-refractivity contribution in [2.24, 2.45) is 22.7 Å². The zero-order chi connectivity index (χ0) is 76.3. The lowest BCUT2D eigenvalue weighted by Gasteiger charge is -2.23. The normalized spacial score (nSPS) is 17.4. The Morgan fingerprint density at radius 3 is 1.77 bits per heavy atom. The number of ketones is 1. The van der Waals surface area contributed by atoms with Crippen LogP contribution in [0, 0.1) is 17.8 Å². The second kappa shape index (κ2) is 41.2. The average molecular weight is 1500 g/mol. The number of fused-ring (bicyclic) bond motifs is 5. The van der Waals surface area contributed by atoms with Crippen molar-refractivity contribution in [2.45, 2.75) is 90.8 Å². The van der Waals surface area contributed by atoms with Crippen LogP contribution in [0.4, 0.5) is 17.1 Å². The molecule has 5 atom stereocenters. The highest BCUT2D eigenvalue weighted by Crippen LogP contribution is 2.43. The van der Waals surface area contributed by atoms with Crippen molar-refractivity contribution in [1.82, 2.24) is 25.3 Å². The number of amides is 7. The minimum atomic E-state index is -0.788. The fourth-order valence-electron chi connectivity index (χ4n) is 12.8. The van der Waals surface area contributed by atoms with Crippen LogP contribution in [-0.2, 0) is 66.7 Å². The molecule has 10 rings (SSSR count). The third-order valence-electron chi connectivity index (χ3n) is 18.7. The standard InChI is InChI=1S/C78H100N8O22/c1-50(2)74(83-72(89)15-20-97-22-24-99-26-28-101-30-32-103-34-35-104-33-31-102-29-27-100-25-23-98-21-16-79-71(88)14-17-84-73(90)37-52(4)76(84)92)64(87)36-51(3)75(91)82-57-11-8-53(9-12-57)55-38-58-45-80-62-43-69(66(95-5)41-60(62)77(93)85(58)47-55)105-18-7-19-106-70-44-63-61(42-67(70)96-6)78(94)86-48-56(39-59(86)46-81-63)54-10-13-65-68(40-54)108-49-107-65/h8-13,40-44,46-48,50-52,58-59,74,80H,7,14-39,45,49H2,1-6H3,(H,79,88)(H,82,91)(H,83,89)/t51-,52?,58+,59+,74?/m1/s1. The molecule has 4 N–H and O–H groups in total. The van der Waals surface area contributed by atoms with Gasteiger partial charge in [-0.2, -0.15) is 0 Å². The van der Waals surface area contributed by atoms with Crippen LogP contribution in [0.2, 0.25) is 0 Å². The summed E-state index contributed by atoms with van der Waals surface area (Å²) in [5.41, 5.74) is 6.23. The van der Waals surface area contributed by atoms with Crippen LogP contribution in [0.25, 0.3) is 11.1 Å². The second-order valence-electron chi connectivity index (χ2n) is 26.9. The number of ether oxygens (including phenoxy) is 14. The molecule has 108 heavy (non-hydrogen) atoms. The Labute approximate surface area is 628 Å². The zero-order valence-corrected chi connectivity index (χ0v) is 62.3. The third kappa shape index (κ3) is 22.8. The van der Waals surface area contributed by atoms with E-state index in [-0.39, 0.29) is 137 Å². The zero-order valence-electron chi connectivity index (χ0n) is 62.3. The van der Waals surface area contributed by atoms with Gasteiger partial charge < -0.3 is 97.4 Å². The first kappa shape index (κ1) is 81.0. The number of Topliss-reactive ketones (excluding diaryl/α,β-unsaturated/α-hetero) is 1. The number of hydrogen-bond donors (Lipinski definition) is 4. The molecule has 584 valence electrons. The predicted molar refractivity (Wildman–Crippen MR) is 396 cm³/mol. The van der Waals surface area contributed by atoms with Crippen LogP contribution in [0.3, 0.4) is 0 Å². The van der Waals surface area contributed by atoms with Gasteiger partial charge in [0.05, 0.1) is 174 Å². The monoisotopic (exact) mass is 1500 g/mol. The van der Waals surface area contributed by atoms with E-state index in [1.807, 2.05) is 56.6 Å². The number of hydrogen-bond acceptors (Lipinski definition) is 24. The van der Waals surface area contributed by atoms with Crippen LogP contribution in [0.5, 0.6) is 34.5 Å². The first-order valence-corrected chi connectivity index (χ1v) is 36.9. The summed E-state index contributed by atoms with van der Waals surface area (Å²) < 4.78 is 79.1. The van der Waals surface area contributed by atoms with Crippen LogP contribution in [-0.4, -0.2) is 246 Å². The number of carbonyl (C=O) groups is 8. The predicted octanol–water partition coefficient (Wildman–Crippen LogP) is 7.03. The number of benzene rings is 4. The van der Waals surface area contributed by atoms with E-state index in [0.29, 0.717) is 188 Å². The Balaban J connectivity index is 0.535. The first-order chi connectivity index (χ1) is 52.5. The summed E-state index contributed by atoms with van der Waals surface area (Å²) in [7, 11) is 3.05. The minimum absolute atomic E-state index is 0.0421. The number of anilines is 2. The van der Waals surface area contributed by atoms with E-state index in [0.717, 1.165) is 27.2 Å². The van der Waals surface area contributed by atoms with Gasteiger partial charge in [-0.25, -0.2) is 0 Å². The molecule has 0 radical (unpaired) electrons. The number of imide groups is 1. The fourth-order valence-corrected chi connectivity index (χ4v) is 12.8. The van der Waals surface area contributed by atoms with Gasteiger partial charge in [0.15, 0.2) is 40.3 Å². The highest BCUT2D eigenvalue weighted by Gasteiger charge is 2.38. The summed E-state index contributed by atoms with van der Waals surface area (Å²) in [5, 5.41) is 11.9. The summed E-state index contributed by atoms with van der Waals surface area (Å²) in [5.74, 6) is -0.219. The van der Waals surface area contributed by atoms with Crippen molar-refractivity contribution in [1.29, 1.82) is 0 Å². The van der Waals surface area contributed by atoms with Crippen LogP contribution in [0.15, 0.2) is 84.1 Å². The Bertz CT molecular complexity index is 3870. The summed E-state index contributed by atoms with van der Waals surface area (Å²) in [6.07, 6.45) is 7.39. The van der Waals surface area contributed by atoms with Gasteiger partial charge in [0.1, 0.15) is 0 Å². The van der Waals surface area contributed by atoms with Crippen molar-refractivity contribution in [3.63, 3.8) is 0 Å². The lowest BCUT2D eigenvalue weighted by molar-refractivity contribution is -0.139. The molecule has 0 saturated carbocycles. The molecule has 2 unspecified atom stereocenters. The van der Waals surface area contributed by atoms with Gasteiger partial charge in [0.2, 0.25) is 36.3 Å². The highest BCUT2D eigenvalue weighted by atomic mass is 16.7. The first-order valence-electron chi connectivity index (χ1n) is 36.9. The van der Waals surface area contributed by atoms with Crippen molar-refractivity contribution >= 4 is 81.6 Å². The maximum absolute atomic E-state index is 14.2. The van der Waals surface area contributed by atoms with Crippen molar-refractivity contribution < 1.29 is 105 Å². The molecular formula is C78H100N8O22. The van der Waals surface area contributed by atoms with E-state index < -0.39 is 12.0 Å². The molecule has 4 aromatic carbocycles. The Hall–Kier alpha value is -9.53. The highest BCUT2D eigenvalue weighted by molar-refractivity contribution is 6.06. The fraction of sp³-hybridized carbons (Fsp3) is 0.526. The number of nitrogens with one attached hydrogen (secondary N) is 4. The Morgan fingerprint density at radius 2 is 1.16 bits per heavy atom. The number of rotatable bonds is 47. The Kier molecular flexibility index (Phi) is 30.9. The van der Waals surface area contributed by atoms with Gasteiger partial charge in [0, 0.05) is 106 Å². The maximum atomic E-state index is 14.2. The summed E-state index contributed by atoms with van der Waals surface area (Å²) >= 11 is 0. The van der Waals surface area contributed by atoms with E-state index in [1.165, 1.54) is 14.2 Å². The van der Waals surface area contributed by atoms with Gasteiger partial charge in [-0.15, -0.1) is 0 Å². The van der Waals surface area contributed by atoms with Crippen molar-refractivity contribution in [3.05, 3.63) is 101 Å². The van der Waals surface area contributed by atoms with Gasteiger partial charge in [0.25, 0.3) is 11.8 Å². The maximum Gasteiger partial charge on any atom is 0.260 e. The topological polar surface area (TPSA) is 336 Å². The quantitative estimate of drug-likeness (QED) is 0.0255. The molecule has 30 nitrogen and oxygen atoms in total. The minimum Gasteiger partial charge on any atom is -0.493 e. The summed E-state index contributed by atoms with van der Waals surface area (Å²) in [6, 6.07) is 18.7. The Morgan fingerprint density at radius 1 is 0.593 bits per heavy atom. The summed E-state index contributed by atoms with van der Waals surface area (Å²) in [4.78, 5) is 113. The molecule has 30 heteroatoms. The van der Waals surface area contributed by atoms with Crippen LogP contribution < -0.4 is 49.7 Å². The molecule has 6 aliphatic rings. The van der Waals surface area contributed by atoms with Gasteiger partial charge in [-0.05, 0) is 71.0 Å². The van der Waals surface area contributed by atoms with Crippen molar-refractivity contribution in [2.75, 3.05) is 170 Å². The largest absolute Gasteiger partial charge is 0.493 e. The molecule has 1 saturated heterocycles. The summed E-state index contributed by atoms with van der Waals surface area (Å²) in [6.45, 7) is 14.4. The van der Waals surface area contributed by atoms with E-state index >= 15 is 0 Å². The number of aliphatic imine (C=N–C) groups is 1. The molecule has 0 aromatic heterocycles. The number of nitrogens with zero attached hydrogens (tertiary/aromatic N) is 4. The molecule has 0 aliphatic carbocycles. The smallest absolute Gasteiger partial charge is 0.260 e. The van der Waals surface area contributed by atoms with Crippen LogP contribution in [0.1, 0.15) is 104 Å². The van der Waals surface area contributed by atoms with Gasteiger partial charge >= 0.3 is 0 Å². The number of likely N-dealkylation sites (tertiary alicyclic amines) is 1. The van der Waals surface area contributed by atoms with Crippen molar-refractivity contribution in [3.8, 4) is 34.5 Å². The molecule has 0 bridgehead atoms. The molecular weight excluding hydrogens is 1400 g/mol. The lowest BCUT2D eigenvalue weighted by atomic mass is 9.92. The molecule has 6 aliphatic heterocycles.